The molecular formula is C12H11ClN2O4S. The largest absolute Gasteiger partial charge is 0.472 e. The van der Waals surface area contributed by atoms with Crippen LogP contribution in [0.25, 0.3) is 0 Å². The molecule has 8 heteroatoms. The summed E-state index contributed by atoms with van der Waals surface area (Å²) < 4.78 is 27.4. The third-order valence-corrected chi connectivity index (χ3v) is 3.61. The van der Waals surface area contributed by atoms with E-state index in [0.29, 0.717) is 0 Å². The topological polar surface area (TPSA) is 102 Å². The second-order valence-electron chi connectivity index (χ2n) is 4.03. The molecule has 0 aliphatic carbocycles. The van der Waals surface area contributed by atoms with E-state index in [0.717, 1.165) is 5.56 Å². The van der Waals surface area contributed by atoms with Crippen molar-refractivity contribution in [2.45, 2.75) is 11.4 Å². The second-order valence-corrected chi connectivity index (χ2v) is 6.03. The van der Waals surface area contributed by atoms with Crippen LogP contribution in [0.2, 0.25) is 5.02 Å². The average molecular weight is 315 g/mol. The lowest BCUT2D eigenvalue weighted by molar-refractivity contribution is 0.0950. The monoisotopic (exact) mass is 314 g/mol. The molecule has 0 bridgehead atoms. The average Bonchev–Trinajstić information content (AvgIpc) is 2.87. The van der Waals surface area contributed by atoms with E-state index in [2.05, 4.69) is 5.32 Å². The molecule has 106 valence electrons. The molecule has 0 spiro atoms. The Kier molecular flexibility index (Phi) is 4.12. The number of nitrogens with two attached hydrogens (primary N) is 1. The number of benzene rings is 1. The van der Waals surface area contributed by atoms with Crippen molar-refractivity contribution in [2.24, 2.45) is 5.14 Å². The molecule has 1 aromatic heterocycles. The Bertz CT molecular complexity index is 726. The van der Waals surface area contributed by atoms with Crippen LogP contribution in [0, 0.1) is 0 Å². The van der Waals surface area contributed by atoms with Crippen LogP contribution in [0.1, 0.15) is 15.9 Å². The maximum Gasteiger partial charge on any atom is 0.251 e. The molecule has 3 N–H and O–H groups in total. The number of sulfonamides is 1. The molecule has 0 saturated heterocycles. The van der Waals surface area contributed by atoms with Gasteiger partial charge in [0.1, 0.15) is 0 Å². The summed E-state index contributed by atoms with van der Waals surface area (Å²) in [5, 5.41) is 7.75. The summed E-state index contributed by atoms with van der Waals surface area (Å²) in [4.78, 5) is 11.7. The van der Waals surface area contributed by atoms with Crippen LogP contribution in [0.3, 0.4) is 0 Å². The summed E-state index contributed by atoms with van der Waals surface area (Å²) in [7, 11) is -3.92. The van der Waals surface area contributed by atoms with Crippen molar-refractivity contribution in [1.29, 1.82) is 0 Å². The fraction of sp³-hybridized carbons (Fsp3) is 0.0833. The van der Waals surface area contributed by atoms with E-state index in [-0.39, 0.29) is 22.0 Å². The highest BCUT2D eigenvalue weighted by atomic mass is 35.5. The van der Waals surface area contributed by atoms with Gasteiger partial charge >= 0.3 is 0 Å². The Morgan fingerprint density at radius 1 is 1.35 bits per heavy atom. The first-order valence-corrected chi connectivity index (χ1v) is 7.41. The van der Waals surface area contributed by atoms with Gasteiger partial charge in [-0.2, -0.15) is 0 Å². The van der Waals surface area contributed by atoms with Gasteiger partial charge in [-0.3, -0.25) is 4.79 Å². The Morgan fingerprint density at radius 3 is 2.70 bits per heavy atom. The molecule has 20 heavy (non-hydrogen) atoms. The molecule has 0 saturated carbocycles. The molecule has 0 unspecified atom stereocenters. The van der Waals surface area contributed by atoms with Crippen molar-refractivity contribution in [2.75, 3.05) is 0 Å². The number of carbonyl (C=O) groups excluding carboxylic acids is 1. The number of nitrogens with one attached hydrogen (secondary N) is 1. The zero-order valence-electron chi connectivity index (χ0n) is 10.2. The van der Waals surface area contributed by atoms with E-state index in [4.69, 9.17) is 21.2 Å². The van der Waals surface area contributed by atoms with E-state index in [1.54, 1.807) is 6.07 Å². The molecule has 1 aromatic carbocycles. The van der Waals surface area contributed by atoms with Crippen LogP contribution in [-0.4, -0.2) is 14.3 Å². The molecule has 1 heterocycles. The molecule has 0 atom stereocenters. The van der Waals surface area contributed by atoms with E-state index < -0.39 is 15.9 Å². The van der Waals surface area contributed by atoms with E-state index in [1.165, 1.54) is 30.7 Å². The molecule has 6 nitrogen and oxygen atoms in total. The van der Waals surface area contributed by atoms with Crippen LogP contribution < -0.4 is 10.5 Å². The predicted molar refractivity (Wildman–Crippen MR) is 72.7 cm³/mol. The van der Waals surface area contributed by atoms with E-state index in [1.807, 2.05) is 0 Å². The standard InChI is InChI=1S/C12H11ClN2O4S/c13-10-3-9(4-11(5-10)20(14,17)18)12(16)15-6-8-1-2-19-7-8/h1-5,7H,6H2,(H,15,16)(H2,14,17,18). The maximum absolute atomic E-state index is 11.9. The van der Waals surface area contributed by atoms with E-state index in [9.17, 15) is 13.2 Å². The fourth-order valence-electron chi connectivity index (χ4n) is 1.54. The van der Waals surface area contributed by atoms with Gasteiger partial charge in [0.25, 0.3) is 5.91 Å². The summed E-state index contributed by atoms with van der Waals surface area (Å²) in [6.45, 7) is 0.257. The van der Waals surface area contributed by atoms with Gasteiger partial charge in [0.15, 0.2) is 0 Å². The minimum atomic E-state index is -3.92. The maximum atomic E-state index is 11.9. The van der Waals surface area contributed by atoms with Crippen molar-refractivity contribution in [1.82, 2.24) is 5.32 Å². The molecule has 2 rings (SSSR count). The first kappa shape index (κ1) is 14.6. The highest BCUT2D eigenvalue weighted by molar-refractivity contribution is 7.89. The molecule has 2 aromatic rings. The number of furan rings is 1. The highest BCUT2D eigenvalue weighted by Crippen LogP contribution is 2.18. The van der Waals surface area contributed by atoms with Gasteiger partial charge in [0.05, 0.1) is 17.4 Å². The lowest BCUT2D eigenvalue weighted by Gasteiger charge is -2.06. The van der Waals surface area contributed by atoms with Crippen LogP contribution >= 0.6 is 11.6 Å². The molecule has 0 radical (unpaired) electrons. The Labute approximate surface area is 120 Å². The number of halogens is 1. The van der Waals surface area contributed by atoms with Crippen molar-refractivity contribution in [3.8, 4) is 0 Å². The highest BCUT2D eigenvalue weighted by Gasteiger charge is 2.14. The van der Waals surface area contributed by atoms with Gasteiger partial charge in [0, 0.05) is 22.7 Å². The van der Waals surface area contributed by atoms with Gasteiger partial charge in [-0.15, -0.1) is 0 Å². The Morgan fingerprint density at radius 2 is 2.10 bits per heavy atom. The zero-order valence-corrected chi connectivity index (χ0v) is 11.7. The summed E-state index contributed by atoms with van der Waals surface area (Å²) in [6.07, 6.45) is 2.98. The second kappa shape index (κ2) is 5.66. The summed E-state index contributed by atoms with van der Waals surface area (Å²) in [5.74, 6) is -0.460. The Balaban J connectivity index is 2.19. The first-order chi connectivity index (χ1) is 9.36. The number of hydrogen-bond donors (Lipinski definition) is 2. The van der Waals surface area contributed by atoms with Crippen molar-refractivity contribution >= 4 is 27.5 Å². The SMILES string of the molecule is NS(=O)(=O)c1cc(Cl)cc(C(=O)NCc2ccoc2)c1. The van der Waals surface area contributed by atoms with Crippen molar-refractivity contribution in [3.63, 3.8) is 0 Å². The molecule has 0 fully saturated rings. The van der Waals surface area contributed by atoms with Gasteiger partial charge in [-0.25, -0.2) is 13.6 Å². The summed E-state index contributed by atoms with van der Waals surface area (Å²) in [5.41, 5.74) is 0.900. The van der Waals surface area contributed by atoms with Gasteiger partial charge < -0.3 is 9.73 Å². The smallest absolute Gasteiger partial charge is 0.251 e. The molecular weight excluding hydrogens is 304 g/mol. The first-order valence-electron chi connectivity index (χ1n) is 5.49. The van der Waals surface area contributed by atoms with Crippen molar-refractivity contribution < 1.29 is 17.6 Å². The van der Waals surface area contributed by atoms with Crippen LogP contribution in [0.5, 0.6) is 0 Å². The van der Waals surface area contributed by atoms with Crippen LogP contribution in [-0.2, 0) is 16.6 Å². The van der Waals surface area contributed by atoms with Gasteiger partial charge in [-0.1, -0.05) is 11.6 Å². The Hall–Kier alpha value is -1.83. The van der Waals surface area contributed by atoms with Gasteiger partial charge in [0.2, 0.25) is 10.0 Å². The quantitative estimate of drug-likeness (QED) is 0.892. The lowest BCUT2D eigenvalue weighted by Crippen LogP contribution is -2.23. The third kappa shape index (κ3) is 3.60. The number of carbonyl (C=O) groups is 1. The van der Waals surface area contributed by atoms with Crippen LogP contribution in [0.15, 0.2) is 46.1 Å². The normalized spacial score (nSPS) is 11.3. The summed E-state index contributed by atoms with van der Waals surface area (Å²) >= 11 is 5.78. The fourth-order valence-corrected chi connectivity index (χ4v) is 2.42. The van der Waals surface area contributed by atoms with Gasteiger partial charge in [-0.05, 0) is 24.3 Å². The minimum absolute atomic E-state index is 0.116. The van der Waals surface area contributed by atoms with Crippen LogP contribution in [0.4, 0.5) is 0 Å². The molecule has 0 aliphatic heterocycles. The predicted octanol–water partition coefficient (Wildman–Crippen LogP) is 1.51. The van der Waals surface area contributed by atoms with Crippen molar-refractivity contribution in [3.05, 3.63) is 52.9 Å². The minimum Gasteiger partial charge on any atom is -0.472 e. The number of hydrogen-bond acceptors (Lipinski definition) is 4. The molecule has 0 aliphatic rings. The number of rotatable bonds is 4. The lowest BCUT2D eigenvalue weighted by atomic mass is 10.2. The zero-order chi connectivity index (χ0) is 14.8. The third-order valence-electron chi connectivity index (χ3n) is 2.50. The number of amides is 1. The molecule has 1 amide bonds. The number of primary sulfonamides is 1. The summed E-state index contributed by atoms with van der Waals surface area (Å²) in [6, 6.07) is 5.42. The van der Waals surface area contributed by atoms with E-state index >= 15 is 0 Å².